The monoisotopic (exact) mass is 368 g/mol. The summed E-state index contributed by atoms with van der Waals surface area (Å²) in [5, 5.41) is 9.10. The Hall–Kier alpha value is -1.32. The second-order valence-corrected chi connectivity index (χ2v) is 7.40. The van der Waals surface area contributed by atoms with E-state index in [1.54, 1.807) is 0 Å². The molecule has 26 heavy (non-hydrogen) atoms. The predicted octanol–water partition coefficient (Wildman–Crippen LogP) is 6.43. The van der Waals surface area contributed by atoms with Crippen LogP contribution in [0.5, 0.6) is 0 Å². The molecule has 0 saturated carbocycles. The van der Waals surface area contributed by atoms with Gasteiger partial charge in [0.05, 0.1) is 0 Å². The summed E-state index contributed by atoms with van der Waals surface area (Å²) in [6.45, 7) is 7.25. The van der Waals surface area contributed by atoms with Crippen LogP contribution in [-0.2, 0) is 14.3 Å². The van der Waals surface area contributed by atoms with Crippen molar-refractivity contribution in [1.29, 1.82) is 0 Å². The van der Waals surface area contributed by atoms with Crippen LogP contribution in [0.25, 0.3) is 0 Å². The number of hydrogen-bond donors (Lipinski definition) is 1. The average molecular weight is 369 g/mol. The standard InChI is InChI=1S/C22H40O4/c1-4-5-6-7-8-9-10-11-12-13-14-15-16-17-18-20(21(23)24)26-22(25)19(2)3/h20H,2,4-18H2,1,3H3,(H,23,24). The lowest BCUT2D eigenvalue weighted by Crippen LogP contribution is -2.27. The van der Waals surface area contributed by atoms with Crippen molar-refractivity contribution in [2.24, 2.45) is 0 Å². The minimum Gasteiger partial charge on any atom is -0.479 e. The average Bonchev–Trinajstić information content (AvgIpc) is 2.60. The number of unbranched alkanes of at least 4 members (excludes halogenated alkanes) is 13. The molecule has 0 fully saturated rings. The van der Waals surface area contributed by atoms with Crippen LogP contribution in [0, 0.1) is 0 Å². The van der Waals surface area contributed by atoms with Gasteiger partial charge in [-0.1, -0.05) is 97.0 Å². The van der Waals surface area contributed by atoms with E-state index in [1.807, 2.05) is 0 Å². The van der Waals surface area contributed by atoms with Gasteiger partial charge in [-0.05, 0) is 19.8 Å². The van der Waals surface area contributed by atoms with E-state index >= 15 is 0 Å². The Kier molecular flexibility index (Phi) is 16.2. The van der Waals surface area contributed by atoms with E-state index in [9.17, 15) is 9.59 Å². The summed E-state index contributed by atoms with van der Waals surface area (Å²) in [6.07, 6.45) is 17.0. The summed E-state index contributed by atoms with van der Waals surface area (Å²) >= 11 is 0. The molecule has 0 radical (unpaired) electrons. The first-order valence-corrected chi connectivity index (χ1v) is 10.6. The summed E-state index contributed by atoms with van der Waals surface area (Å²) in [6, 6.07) is 0. The first kappa shape index (κ1) is 24.7. The number of ether oxygens (including phenoxy) is 1. The lowest BCUT2D eigenvalue weighted by Gasteiger charge is -2.13. The first-order chi connectivity index (χ1) is 12.5. The van der Waals surface area contributed by atoms with Gasteiger partial charge in [0.15, 0.2) is 6.10 Å². The van der Waals surface area contributed by atoms with Gasteiger partial charge in [0.1, 0.15) is 0 Å². The Morgan fingerprint density at radius 1 is 0.808 bits per heavy atom. The second kappa shape index (κ2) is 17.1. The largest absolute Gasteiger partial charge is 0.479 e. The SMILES string of the molecule is C=C(C)C(=O)OC(CCCCCCCCCCCCCCCC)C(=O)O. The molecule has 0 saturated heterocycles. The third-order valence-electron chi connectivity index (χ3n) is 4.69. The lowest BCUT2D eigenvalue weighted by molar-refractivity contribution is -0.161. The van der Waals surface area contributed by atoms with Gasteiger partial charge < -0.3 is 9.84 Å². The number of carbonyl (C=O) groups is 2. The van der Waals surface area contributed by atoms with Crippen LogP contribution in [0.15, 0.2) is 12.2 Å². The number of hydrogen-bond acceptors (Lipinski definition) is 3. The number of aliphatic carboxylic acids is 1. The van der Waals surface area contributed by atoms with Crippen LogP contribution in [-0.4, -0.2) is 23.1 Å². The van der Waals surface area contributed by atoms with Crippen molar-refractivity contribution in [3.63, 3.8) is 0 Å². The maximum Gasteiger partial charge on any atom is 0.345 e. The van der Waals surface area contributed by atoms with Crippen molar-refractivity contribution in [2.75, 3.05) is 0 Å². The van der Waals surface area contributed by atoms with E-state index in [0.29, 0.717) is 6.42 Å². The molecule has 0 aliphatic rings. The van der Waals surface area contributed by atoms with Gasteiger partial charge in [0, 0.05) is 5.57 Å². The summed E-state index contributed by atoms with van der Waals surface area (Å²) in [5.74, 6) is -1.70. The molecule has 4 heteroatoms. The van der Waals surface area contributed by atoms with Crippen LogP contribution in [0.2, 0.25) is 0 Å². The van der Waals surface area contributed by atoms with Gasteiger partial charge in [-0.3, -0.25) is 0 Å². The van der Waals surface area contributed by atoms with E-state index < -0.39 is 18.0 Å². The third kappa shape index (κ3) is 15.0. The summed E-state index contributed by atoms with van der Waals surface area (Å²) in [4.78, 5) is 22.5. The lowest BCUT2D eigenvalue weighted by atomic mass is 10.0. The van der Waals surface area contributed by atoms with Gasteiger partial charge in [0.25, 0.3) is 0 Å². The Bertz CT molecular complexity index is 390. The van der Waals surface area contributed by atoms with Crippen LogP contribution in [0.3, 0.4) is 0 Å². The molecule has 0 aromatic carbocycles. The van der Waals surface area contributed by atoms with Gasteiger partial charge in [0.2, 0.25) is 0 Å². The maximum absolute atomic E-state index is 11.4. The first-order valence-electron chi connectivity index (χ1n) is 10.6. The van der Waals surface area contributed by atoms with Crippen molar-refractivity contribution >= 4 is 11.9 Å². The molecule has 152 valence electrons. The van der Waals surface area contributed by atoms with Crippen molar-refractivity contribution in [3.05, 3.63) is 12.2 Å². The molecule has 0 aliphatic carbocycles. The fraction of sp³-hybridized carbons (Fsp3) is 0.818. The van der Waals surface area contributed by atoms with E-state index in [0.717, 1.165) is 19.3 Å². The third-order valence-corrected chi connectivity index (χ3v) is 4.69. The molecule has 1 unspecified atom stereocenters. The zero-order chi connectivity index (χ0) is 19.6. The Morgan fingerprint density at radius 3 is 1.54 bits per heavy atom. The molecule has 0 spiro atoms. The highest BCUT2D eigenvalue weighted by Crippen LogP contribution is 2.14. The van der Waals surface area contributed by atoms with Gasteiger partial charge >= 0.3 is 11.9 Å². The Morgan fingerprint density at radius 2 is 1.19 bits per heavy atom. The minimum absolute atomic E-state index is 0.234. The second-order valence-electron chi connectivity index (χ2n) is 7.40. The van der Waals surface area contributed by atoms with Gasteiger partial charge in [-0.25, -0.2) is 9.59 Å². The minimum atomic E-state index is -1.07. The number of esters is 1. The number of carboxylic acid groups (broad SMARTS) is 1. The Labute approximate surface area is 160 Å². The van der Waals surface area contributed by atoms with Gasteiger partial charge in [-0.15, -0.1) is 0 Å². The molecule has 4 nitrogen and oxygen atoms in total. The molecule has 0 aromatic rings. The molecule has 0 aliphatic heterocycles. The van der Waals surface area contributed by atoms with Crippen molar-refractivity contribution in [3.8, 4) is 0 Å². The molecule has 0 heterocycles. The maximum atomic E-state index is 11.4. The molecule has 0 bridgehead atoms. The quantitative estimate of drug-likeness (QED) is 0.172. The molecule has 1 atom stereocenters. The van der Waals surface area contributed by atoms with Crippen LogP contribution in [0.4, 0.5) is 0 Å². The molecular formula is C22H40O4. The fourth-order valence-electron chi connectivity index (χ4n) is 2.99. The molecule has 1 N–H and O–H groups in total. The zero-order valence-corrected chi connectivity index (χ0v) is 17.1. The van der Waals surface area contributed by atoms with Crippen LogP contribution in [0.1, 0.15) is 110 Å². The number of rotatable bonds is 18. The summed E-state index contributed by atoms with van der Waals surface area (Å²) < 4.78 is 4.95. The smallest absolute Gasteiger partial charge is 0.345 e. The number of carboxylic acids is 1. The predicted molar refractivity (Wildman–Crippen MR) is 107 cm³/mol. The van der Waals surface area contributed by atoms with E-state index in [1.165, 1.54) is 77.6 Å². The number of carbonyl (C=O) groups excluding carboxylic acids is 1. The van der Waals surface area contributed by atoms with Crippen molar-refractivity contribution < 1.29 is 19.4 Å². The Balaban J connectivity index is 3.47. The van der Waals surface area contributed by atoms with Crippen molar-refractivity contribution in [2.45, 2.75) is 116 Å². The molecular weight excluding hydrogens is 328 g/mol. The fourth-order valence-corrected chi connectivity index (χ4v) is 2.99. The highest BCUT2D eigenvalue weighted by molar-refractivity contribution is 5.89. The topological polar surface area (TPSA) is 63.6 Å². The summed E-state index contributed by atoms with van der Waals surface area (Å²) in [5.41, 5.74) is 0.234. The van der Waals surface area contributed by atoms with E-state index in [2.05, 4.69) is 13.5 Å². The molecule has 0 rings (SSSR count). The van der Waals surface area contributed by atoms with Gasteiger partial charge in [-0.2, -0.15) is 0 Å². The van der Waals surface area contributed by atoms with E-state index in [-0.39, 0.29) is 5.57 Å². The van der Waals surface area contributed by atoms with E-state index in [4.69, 9.17) is 9.84 Å². The molecule has 0 aromatic heterocycles. The zero-order valence-electron chi connectivity index (χ0n) is 17.1. The highest BCUT2D eigenvalue weighted by Gasteiger charge is 2.21. The van der Waals surface area contributed by atoms with Crippen molar-refractivity contribution in [1.82, 2.24) is 0 Å². The highest BCUT2D eigenvalue weighted by atomic mass is 16.6. The summed E-state index contributed by atoms with van der Waals surface area (Å²) in [7, 11) is 0. The molecule has 0 amide bonds. The van der Waals surface area contributed by atoms with Crippen LogP contribution < -0.4 is 0 Å². The van der Waals surface area contributed by atoms with Crippen LogP contribution >= 0.6 is 0 Å². The normalized spacial score (nSPS) is 11.9.